The van der Waals surface area contributed by atoms with Gasteiger partial charge in [0.1, 0.15) is 0 Å². The number of nitrogens with zero attached hydrogens (tertiary/aromatic N) is 1. The van der Waals surface area contributed by atoms with Crippen LogP contribution in [0.4, 0.5) is 4.79 Å². The molecular formula is C12H21NO4. The molecule has 2 aliphatic rings. The van der Waals surface area contributed by atoms with Gasteiger partial charge in [0.2, 0.25) is 0 Å². The van der Waals surface area contributed by atoms with Crippen LogP contribution in [-0.2, 0) is 0 Å². The van der Waals surface area contributed by atoms with Crippen molar-refractivity contribution in [2.75, 3.05) is 13.2 Å². The number of carbonyl (C=O) groups is 1. The van der Waals surface area contributed by atoms with Gasteiger partial charge >= 0.3 is 6.09 Å². The fraction of sp³-hybridized carbons (Fsp3) is 0.917. The molecule has 0 bridgehead atoms. The lowest BCUT2D eigenvalue weighted by atomic mass is 9.76. The van der Waals surface area contributed by atoms with Crippen LogP contribution in [0, 0.1) is 11.8 Å². The number of aliphatic hydroxyl groups is 2. The van der Waals surface area contributed by atoms with Crippen molar-refractivity contribution in [2.24, 2.45) is 11.8 Å². The smallest absolute Gasteiger partial charge is 0.407 e. The van der Waals surface area contributed by atoms with Gasteiger partial charge in [-0.25, -0.2) is 4.79 Å². The molecule has 0 aromatic carbocycles. The predicted molar refractivity (Wildman–Crippen MR) is 61.7 cm³/mol. The Hall–Kier alpha value is -0.810. The van der Waals surface area contributed by atoms with Gasteiger partial charge in [-0.15, -0.1) is 0 Å². The van der Waals surface area contributed by atoms with Gasteiger partial charge in [-0.05, 0) is 43.9 Å². The molecule has 1 saturated heterocycles. The lowest BCUT2D eigenvalue weighted by Gasteiger charge is -2.33. The molecule has 5 nitrogen and oxygen atoms in total. The minimum atomic E-state index is -0.928. The third-order valence-electron chi connectivity index (χ3n) is 4.38. The largest absolute Gasteiger partial charge is 0.465 e. The molecule has 0 aromatic heterocycles. The highest BCUT2D eigenvalue weighted by Gasteiger charge is 2.41. The van der Waals surface area contributed by atoms with E-state index in [2.05, 4.69) is 0 Å². The normalized spacial score (nSPS) is 38.4. The van der Waals surface area contributed by atoms with E-state index in [4.69, 9.17) is 5.11 Å². The molecule has 0 aromatic rings. The van der Waals surface area contributed by atoms with Crippen LogP contribution >= 0.6 is 0 Å². The molecule has 3 N–H and O–H groups in total. The quantitative estimate of drug-likeness (QED) is 0.673. The minimum absolute atomic E-state index is 0.0873. The Morgan fingerprint density at radius 2 is 1.82 bits per heavy atom. The number of aliphatic hydroxyl groups excluding tert-OH is 2. The van der Waals surface area contributed by atoms with E-state index in [-0.39, 0.29) is 24.7 Å². The van der Waals surface area contributed by atoms with E-state index in [0.29, 0.717) is 12.5 Å². The van der Waals surface area contributed by atoms with Gasteiger partial charge in [-0.3, -0.25) is 0 Å². The van der Waals surface area contributed by atoms with E-state index in [1.54, 1.807) is 0 Å². The maximum absolute atomic E-state index is 11.0. The summed E-state index contributed by atoms with van der Waals surface area (Å²) in [6.07, 6.45) is 3.26. The molecule has 1 aliphatic heterocycles. The van der Waals surface area contributed by atoms with E-state index < -0.39 is 6.09 Å². The Morgan fingerprint density at radius 3 is 2.35 bits per heavy atom. The SMILES string of the molecule is O=C(O)N1CC[C@@H]([C@H]2CC[C@H](O)CC2)[C@H]1CO. The lowest BCUT2D eigenvalue weighted by Crippen LogP contribution is -2.42. The first-order chi connectivity index (χ1) is 8.13. The molecule has 5 heteroatoms. The van der Waals surface area contributed by atoms with Crippen LogP contribution in [0.2, 0.25) is 0 Å². The summed E-state index contributed by atoms with van der Waals surface area (Å²) < 4.78 is 0. The van der Waals surface area contributed by atoms with Crippen molar-refractivity contribution >= 4 is 6.09 Å². The summed E-state index contributed by atoms with van der Waals surface area (Å²) >= 11 is 0. The molecule has 1 amide bonds. The Labute approximate surface area is 101 Å². The van der Waals surface area contributed by atoms with Crippen molar-refractivity contribution in [2.45, 2.75) is 44.2 Å². The number of likely N-dealkylation sites (tertiary alicyclic amines) is 1. The minimum Gasteiger partial charge on any atom is -0.465 e. The maximum Gasteiger partial charge on any atom is 0.407 e. The molecule has 2 atom stereocenters. The van der Waals surface area contributed by atoms with Crippen LogP contribution in [0.1, 0.15) is 32.1 Å². The van der Waals surface area contributed by atoms with Gasteiger partial charge in [0.05, 0.1) is 18.8 Å². The number of hydrogen-bond acceptors (Lipinski definition) is 3. The van der Waals surface area contributed by atoms with Gasteiger partial charge in [0, 0.05) is 6.54 Å². The van der Waals surface area contributed by atoms with Gasteiger partial charge in [-0.2, -0.15) is 0 Å². The number of carboxylic acid groups (broad SMARTS) is 1. The van der Waals surface area contributed by atoms with Gasteiger partial charge in [-0.1, -0.05) is 0 Å². The zero-order chi connectivity index (χ0) is 12.4. The zero-order valence-corrected chi connectivity index (χ0v) is 9.96. The first-order valence-corrected chi connectivity index (χ1v) is 6.42. The van der Waals surface area contributed by atoms with Crippen molar-refractivity contribution in [1.29, 1.82) is 0 Å². The second kappa shape index (κ2) is 5.23. The first kappa shape index (κ1) is 12.6. The molecule has 98 valence electrons. The van der Waals surface area contributed by atoms with Gasteiger partial charge in [0.25, 0.3) is 0 Å². The van der Waals surface area contributed by atoms with E-state index in [1.165, 1.54) is 4.90 Å². The standard InChI is InChI=1S/C12H21NO4/c14-7-11-10(5-6-13(11)12(16)17)8-1-3-9(15)4-2-8/h8-11,14-15H,1-7H2,(H,16,17)/t8-,9-,10-,11+/m0/s1. The lowest BCUT2D eigenvalue weighted by molar-refractivity contribution is 0.0627. The summed E-state index contributed by atoms with van der Waals surface area (Å²) in [4.78, 5) is 12.4. The monoisotopic (exact) mass is 243 g/mol. The Kier molecular flexibility index (Phi) is 3.89. The summed E-state index contributed by atoms with van der Waals surface area (Å²) in [7, 11) is 0. The van der Waals surface area contributed by atoms with Crippen molar-refractivity contribution in [3.05, 3.63) is 0 Å². The average Bonchev–Trinajstić information content (AvgIpc) is 2.73. The summed E-state index contributed by atoms with van der Waals surface area (Å²) in [5.41, 5.74) is 0. The number of hydrogen-bond donors (Lipinski definition) is 3. The molecule has 0 spiro atoms. The van der Waals surface area contributed by atoms with Crippen LogP contribution in [0.5, 0.6) is 0 Å². The predicted octanol–water partition coefficient (Wildman–Crippen LogP) is 0.898. The zero-order valence-electron chi connectivity index (χ0n) is 9.96. The highest BCUT2D eigenvalue weighted by atomic mass is 16.4. The Morgan fingerprint density at radius 1 is 1.18 bits per heavy atom. The summed E-state index contributed by atoms with van der Waals surface area (Å²) in [6, 6.07) is -0.243. The van der Waals surface area contributed by atoms with E-state index in [0.717, 1.165) is 32.1 Å². The van der Waals surface area contributed by atoms with Crippen LogP contribution < -0.4 is 0 Å². The molecular weight excluding hydrogens is 222 g/mol. The van der Waals surface area contributed by atoms with Crippen molar-refractivity contribution in [3.63, 3.8) is 0 Å². The molecule has 2 rings (SSSR count). The van der Waals surface area contributed by atoms with E-state index in [9.17, 15) is 15.0 Å². The molecule has 17 heavy (non-hydrogen) atoms. The van der Waals surface area contributed by atoms with E-state index >= 15 is 0 Å². The van der Waals surface area contributed by atoms with Crippen LogP contribution in [0.15, 0.2) is 0 Å². The highest BCUT2D eigenvalue weighted by Crippen LogP contribution is 2.38. The second-order valence-corrected chi connectivity index (χ2v) is 5.25. The van der Waals surface area contributed by atoms with Crippen molar-refractivity contribution in [3.8, 4) is 0 Å². The second-order valence-electron chi connectivity index (χ2n) is 5.25. The third kappa shape index (κ3) is 2.55. The fourth-order valence-electron chi connectivity index (χ4n) is 3.43. The van der Waals surface area contributed by atoms with Gasteiger partial charge < -0.3 is 20.2 Å². The number of amides is 1. The molecule has 1 heterocycles. The molecule has 0 radical (unpaired) electrons. The number of rotatable bonds is 2. The van der Waals surface area contributed by atoms with Crippen LogP contribution in [0.25, 0.3) is 0 Å². The van der Waals surface area contributed by atoms with Gasteiger partial charge in [0.15, 0.2) is 0 Å². The first-order valence-electron chi connectivity index (χ1n) is 6.42. The fourth-order valence-corrected chi connectivity index (χ4v) is 3.43. The highest BCUT2D eigenvalue weighted by molar-refractivity contribution is 5.66. The molecule has 1 saturated carbocycles. The maximum atomic E-state index is 11.0. The van der Waals surface area contributed by atoms with Crippen LogP contribution in [-0.4, -0.2) is 51.6 Å². The Balaban J connectivity index is 1.99. The van der Waals surface area contributed by atoms with Crippen molar-refractivity contribution in [1.82, 2.24) is 4.90 Å². The van der Waals surface area contributed by atoms with Crippen LogP contribution in [0.3, 0.4) is 0 Å². The van der Waals surface area contributed by atoms with Crippen molar-refractivity contribution < 1.29 is 20.1 Å². The van der Waals surface area contributed by atoms with E-state index in [1.807, 2.05) is 0 Å². The molecule has 2 fully saturated rings. The summed E-state index contributed by atoms with van der Waals surface area (Å²) in [5.74, 6) is 0.725. The summed E-state index contributed by atoms with van der Waals surface area (Å²) in [6.45, 7) is 0.445. The molecule has 1 aliphatic carbocycles. The average molecular weight is 243 g/mol. The Bertz CT molecular complexity index is 276. The summed E-state index contributed by atoms with van der Waals surface area (Å²) in [5, 5.41) is 27.9. The topological polar surface area (TPSA) is 81.0 Å². The third-order valence-corrected chi connectivity index (χ3v) is 4.38. The molecule has 0 unspecified atom stereocenters.